The first-order chi connectivity index (χ1) is 11.3. The van der Waals surface area contributed by atoms with Crippen LogP contribution in [-0.2, 0) is 13.0 Å². The summed E-state index contributed by atoms with van der Waals surface area (Å²) in [6, 6.07) is 3.42. The Bertz CT molecular complexity index is 913. The molecule has 0 fully saturated rings. The number of fused-ring (bicyclic) bond motifs is 1. The summed E-state index contributed by atoms with van der Waals surface area (Å²) in [5, 5.41) is 10.1. The topological polar surface area (TPSA) is 111 Å². The number of nitrogens with zero attached hydrogens (tertiary/aromatic N) is 1. The van der Waals surface area contributed by atoms with Crippen molar-refractivity contribution in [2.75, 3.05) is 5.73 Å². The molecule has 1 aliphatic heterocycles. The van der Waals surface area contributed by atoms with Crippen LogP contribution in [0.15, 0.2) is 16.9 Å². The molecular formula is C18H21N3O3. The number of benzene rings is 1. The van der Waals surface area contributed by atoms with Gasteiger partial charge in [-0.2, -0.15) is 0 Å². The Balaban J connectivity index is 2.50. The number of primary amides is 1. The molecule has 1 aromatic carbocycles. The van der Waals surface area contributed by atoms with Gasteiger partial charge in [0.1, 0.15) is 11.3 Å². The number of amides is 1. The molecule has 24 heavy (non-hydrogen) atoms. The number of nitrogen functional groups attached to an aromatic ring is 1. The minimum absolute atomic E-state index is 0.109. The van der Waals surface area contributed by atoms with E-state index in [0.29, 0.717) is 24.1 Å². The fourth-order valence-corrected chi connectivity index (χ4v) is 3.58. The maximum atomic E-state index is 12.6. The maximum Gasteiger partial charge on any atom is 0.265 e. The van der Waals surface area contributed by atoms with Crippen molar-refractivity contribution in [2.45, 2.75) is 39.7 Å². The molecule has 0 unspecified atom stereocenters. The Morgan fingerprint density at radius 1 is 1.21 bits per heavy atom. The van der Waals surface area contributed by atoms with Gasteiger partial charge in [0, 0.05) is 17.8 Å². The van der Waals surface area contributed by atoms with E-state index in [1.807, 2.05) is 6.92 Å². The molecule has 2 heterocycles. The highest BCUT2D eigenvalue weighted by Gasteiger charge is 2.27. The second kappa shape index (κ2) is 5.70. The zero-order valence-corrected chi connectivity index (χ0v) is 13.8. The number of hydrogen-bond acceptors (Lipinski definition) is 4. The molecule has 0 saturated carbocycles. The zero-order valence-electron chi connectivity index (χ0n) is 13.8. The molecule has 2 aromatic rings. The van der Waals surface area contributed by atoms with Crippen LogP contribution in [0.5, 0.6) is 5.75 Å². The largest absolute Gasteiger partial charge is 0.508 e. The first kappa shape index (κ1) is 16.1. The van der Waals surface area contributed by atoms with Gasteiger partial charge in [0.15, 0.2) is 0 Å². The SMILES string of the molecule is Cc1ccc(O)c(C)c1-c1c(N)c(C(N)=O)c(=O)n2c1CCCC2. The summed E-state index contributed by atoms with van der Waals surface area (Å²) in [5.74, 6) is -0.675. The normalized spacial score (nSPS) is 13.6. The number of carbonyl (C=O) groups is 1. The van der Waals surface area contributed by atoms with E-state index in [0.717, 1.165) is 29.7 Å². The van der Waals surface area contributed by atoms with Gasteiger partial charge in [-0.1, -0.05) is 6.07 Å². The predicted octanol–water partition coefficient (Wildman–Crippen LogP) is 1.86. The minimum Gasteiger partial charge on any atom is -0.508 e. The highest BCUT2D eigenvalue weighted by Crippen LogP contribution is 2.39. The number of nitrogens with two attached hydrogens (primary N) is 2. The Morgan fingerprint density at radius 2 is 1.92 bits per heavy atom. The zero-order chi connectivity index (χ0) is 17.6. The molecule has 1 aromatic heterocycles. The molecule has 0 bridgehead atoms. The number of hydrogen-bond donors (Lipinski definition) is 3. The monoisotopic (exact) mass is 327 g/mol. The van der Waals surface area contributed by atoms with Crippen LogP contribution in [0.3, 0.4) is 0 Å². The first-order valence-corrected chi connectivity index (χ1v) is 7.99. The number of aromatic hydroxyl groups is 1. The van der Waals surface area contributed by atoms with E-state index >= 15 is 0 Å². The highest BCUT2D eigenvalue weighted by molar-refractivity contribution is 6.02. The quantitative estimate of drug-likeness (QED) is 0.781. The predicted molar refractivity (Wildman–Crippen MR) is 93.1 cm³/mol. The van der Waals surface area contributed by atoms with Gasteiger partial charge in [0.2, 0.25) is 0 Å². The second-order valence-corrected chi connectivity index (χ2v) is 6.29. The van der Waals surface area contributed by atoms with Crippen LogP contribution >= 0.6 is 0 Å². The number of aromatic nitrogens is 1. The summed E-state index contributed by atoms with van der Waals surface area (Å²) in [4.78, 5) is 24.5. The van der Waals surface area contributed by atoms with Crippen molar-refractivity contribution in [3.63, 3.8) is 0 Å². The number of phenolic OH excluding ortho intramolecular Hbond substituents is 1. The van der Waals surface area contributed by atoms with Crippen LogP contribution in [0.2, 0.25) is 0 Å². The Labute approximate surface area is 139 Å². The molecule has 6 nitrogen and oxygen atoms in total. The van der Waals surface area contributed by atoms with Gasteiger partial charge in [-0.3, -0.25) is 9.59 Å². The van der Waals surface area contributed by atoms with Gasteiger partial charge < -0.3 is 21.1 Å². The van der Waals surface area contributed by atoms with Crippen molar-refractivity contribution >= 4 is 11.6 Å². The fourth-order valence-electron chi connectivity index (χ4n) is 3.58. The average molecular weight is 327 g/mol. The number of aryl methyl sites for hydroxylation is 1. The molecule has 1 amide bonds. The molecule has 1 aliphatic rings. The van der Waals surface area contributed by atoms with Crippen LogP contribution in [0, 0.1) is 13.8 Å². The van der Waals surface area contributed by atoms with Gasteiger partial charge >= 0.3 is 0 Å². The van der Waals surface area contributed by atoms with Gasteiger partial charge in [0.05, 0.1) is 5.69 Å². The van der Waals surface area contributed by atoms with Crippen molar-refractivity contribution in [3.8, 4) is 16.9 Å². The fraction of sp³-hybridized carbons (Fsp3) is 0.333. The number of pyridine rings is 1. The third-order valence-corrected chi connectivity index (χ3v) is 4.80. The maximum absolute atomic E-state index is 12.6. The number of anilines is 1. The molecule has 0 radical (unpaired) electrons. The van der Waals surface area contributed by atoms with E-state index in [2.05, 4.69) is 0 Å². The van der Waals surface area contributed by atoms with Gasteiger partial charge in [0.25, 0.3) is 11.5 Å². The summed E-state index contributed by atoms with van der Waals surface area (Å²) < 4.78 is 1.61. The third kappa shape index (κ3) is 2.26. The van der Waals surface area contributed by atoms with Crippen molar-refractivity contribution in [1.29, 1.82) is 0 Å². The molecule has 0 atom stereocenters. The summed E-state index contributed by atoms with van der Waals surface area (Å²) in [7, 11) is 0. The molecule has 126 valence electrons. The molecule has 0 spiro atoms. The number of phenols is 1. The van der Waals surface area contributed by atoms with Crippen molar-refractivity contribution < 1.29 is 9.90 Å². The lowest BCUT2D eigenvalue weighted by Gasteiger charge is -2.26. The summed E-state index contributed by atoms with van der Waals surface area (Å²) in [6.45, 7) is 4.25. The van der Waals surface area contributed by atoms with Crippen LogP contribution < -0.4 is 17.0 Å². The van der Waals surface area contributed by atoms with Crippen LogP contribution in [-0.4, -0.2) is 15.6 Å². The lowest BCUT2D eigenvalue weighted by molar-refractivity contribution is 0.0999. The highest BCUT2D eigenvalue weighted by atomic mass is 16.3. The van der Waals surface area contributed by atoms with Crippen molar-refractivity contribution in [1.82, 2.24) is 4.57 Å². The van der Waals surface area contributed by atoms with E-state index in [4.69, 9.17) is 11.5 Å². The van der Waals surface area contributed by atoms with E-state index < -0.39 is 11.5 Å². The third-order valence-electron chi connectivity index (χ3n) is 4.80. The average Bonchev–Trinajstić information content (AvgIpc) is 2.54. The van der Waals surface area contributed by atoms with Crippen LogP contribution in [0.4, 0.5) is 5.69 Å². The van der Waals surface area contributed by atoms with Crippen LogP contribution in [0.1, 0.15) is 40.0 Å². The molecule has 5 N–H and O–H groups in total. The Hall–Kier alpha value is -2.76. The van der Waals surface area contributed by atoms with Gasteiger partial charge in [-0.05, 0) is 55.9 Å². The summed E-state index contributed by atoms with van der Waals surface area (Å²) in [6.07, 6.45) is 2.51. The lowest BCUT2D eigenvalue weighted by Crippen LogP contribution is -2.35. The molecule has 0 aliphatic carbocycles. The van der Waals surface area contributed by atoms with Crippen molar-refractivity contribution in [2.24, 2.45) is 5.73 Å². The molecule has 3 rings (SSSR count). The Kier molecular flexibility index (Phi) is 3.83. The molecule has 6 heteroatoms. The summed E-state index contributed by atoms with van der Waals surface area (Å²) in [5.41, 5.74) is 15.0. The van der Waals surface area contributed by atoms with Crippen LogP contribution in [0.25, 0.3) is 11.1 Å². The van der Waals surface area contributed by atoms with Gasteiger partial charge in [-0.25, -0.2) is 0 Å². The van der Waals surface area contributed by atoms with E-state index in [1.165, 1.54) is 0 Å². The van der Waals surface area contributed by atoms with E-state index in [1.54, 1.807) is 23.6 Å². The second-order valence-electron chi connectivity index (χ2n) is 6.29. The standard InChI is InChI=1S/C18H21N3O3/c1-9-6-7-12(22)10(2)13(9)14-11-5-3-4-8-21(11)18(24)15(16(14)19)17(20)23/h6-7,22H,3-5,8,19H2,1-2H3,(H2,20,23). The summed E-state index contributed by atoms with van der Waals surface area (Å²) >= 11 is 0. The van der Waals surface area contributed by atoms with E-state index in [9.17, 15) is 14.7 Å². The van der Waals surface area contributed by atoms with Crippen molar-refractivity contribution in [3.05, 3.63) is 44.9 Å². The molecular weight excluding hydrogens is 306 g/mol. The minimum atomic E-state index is -0.824. The number of carbonyl (C=O) groups excluding carboxylic acids is 1. The first-order valence-electron chi connectivity index (χ1n) is 7.99. The lowest BCUT2D eigenvalue weighted by atomic mass is 9.88. The molecule has 0 saturated heterocycles. The van der Waals surface area contributed by atoms with Gasteiger partial charge in [-0.15, -0.1) is 0 Å². The Morgan fingerprint density at radius 3 is 2.58 bits per heavy atom. The smallest absolute Gasteiger partial charge is 0.265 e. The number of rotatable bonds is 2. The van der Waals surface area contributed by atoms with E-state index in [-0.39, 0.29) is 17.0 Å².